The molecule has 1 N–H and O–H groups in total. The van der Waals surface area contributed by atoms with Crippen LogP contribution < -0.4 is 9.47 Å². The number of halogens is 1. The predicted octanol–water partition coefficient (Wildman–Crippen LogP) is 6.81. The average Bonchev–Trinajstić information content (AvgIpc) is 3.12. The maximum atomic E-state index is 14.2. The van der Waals surface area contributed by atoms with Crippen LogP contribution in [0.25, 0.3) is 27.8 Å². The van der Waals surface area contributed by atoms with Gasteiger partial charge >= 0.3 is 6.16 Å². The highest BCUT2D eigenvalue weighted by Gasteiger charge is 2.20. The Labute approximate surface area is 210 Å². The molecule has 36 heavy (non-hydrogen) atoms. The predicted molar refractivity (Wildman–Crippen MR) is 141 cm³/mol. The minimum Gasteiger partial charge on any atom is -0.493 e. The van der Waals surface area contributed by atoms with Crippen molar-refractivity contribution in [1.29, 1.82) is 0 Å². The number of aromatic nitrogens is 1. The molecular weight excluding hydrogens is 459 g/mol. The van der Waals surface area contributed by atoms with E-state index in [9.17, 15) is 14.3 Å². The Hall–Kier alpha value is -3.84. The first-order valence-corrected chi connectivity index (χ1v) is 12.1. The van der Waals surface area contributed by atoms with Gasteiger partial charge in [-0.25, -0.2) is 9.18 Å². The molecule has 0 amide bonds. The van der Waals surface area contributed by atoms with E-state index >= 15 is 0 Å². The number of aryl methyl sites for hydroxylation is 1. The number of fused-ring (bicyclic) bond motifs is 2. The van der Waals surface area contributed by atoms with E-state index in [1.54, 1.807) is 10.6 Å². The van der Waals surface area contributed by atoms with Crippen molar-refractivity contribution in [3.05, 3.63) is 78.1 Å². The van der Waals surface area contributed by atoms with Crippen molar-refractivity contribution in [2.45, 2.75) is 25.8 Å². The second-order valence-corrected chi connectivity index (χ2v) is 8.93. The van der Waals surface area contributed by atoms with E-state index in [-0.39, 0.29) is 11.7 Å². The fourth-order valence-electron chi connectivity index (χ4n) is 4.36. The molecule has 0 aliphatic heterocycles. The van der Waals surface area contributed by atoms with Gasteiger partial charge in [0.1, 0.15) is 11.6 Å². The highest BCUT2D eigenvalue weighted by molar-refractivity contribution is 5.93. The molecule has 0 radical (unpaired) electrons. The lowest BCUT2D eigenvalue weighted by molar-refractivity contribution is 0.140. The van der Waals surface area contributed by atoms with Gasteiger partial charge in [-0.2, -0.15) is 0 Å². The van der Waals surface area contributed by atoms with Crippen LogP contribution >= 0.6 is 0 Å². The van der Waals surface area contributed by atoms with Gasteiger partial charge in [0.25, 0.3) is 0 Å². The number of hydrogen-bond donors (Lipinski definition) is 1. The summed E-state index contributed by atoms with van der Waals surface area (Å²) in [5, 5.41) is 12.2. The van der Waals surface area contributed by atoms with Crippen LogP contribution in [0.15, 0.2) is 66.7 Å². The maximum absolute atomic E-state index is 14.2. The van der Waals surface area contributed by atoms with Crippen molar-refractivity contribution in [1.82, 2.24) is 9.47 Å². The van der Waals surface area contributed by atoms with Crippen LogP contribution in [0.3, 0.4) is 0 Å². The molecule has 4 rings (SSSR count). The van der Waals surface area contributed by atoms with Crippen molar-refractivity contribution in [3.8, 4) is 11.6 Å². The number of carboxylic acid groups (broad SMARTS) is 1. The molecule has 188 valence electrons. The van der Waals surface area contributed by atoms with E-state index < -0.39 is 6.16 Å². The monoisotopic (exact) mass is 490 g/mol. The molecule has 0 spiro atoms. The summed E-state index contributed by atoms with van der Waals surface area (Å²) in [5.74, 6) is 0.607. The van der Waals surface area contributed by atoms with Gasteiger partial charge in [0.15, 0.2) is 0 Å². The number of nitrogens with zero attached hydrogens (tertiary/aromatic N) is 2. The van der Waals surface area contributed by atoms with Crippen molar-refractivity contribution in [2.75, 3.05) is 27.2 Å². The second kappa shape index (κ2) is 11.7. The van der Waals surface area contributed by atoms with E-state index in [1.165, 1.54) is 12.1 Å². The first-order chi connectivity index (χ1) is 17.4. The van der Waals surface area contributed by atoms with Crippen LogP contribution in [-0.2, 0) is 6.54 Å². The van der Waals surface area contributed by atoms with Crippen molar-refractivity contribution >= 4 is 33.9 Å². The van der Waals surface area contributed by atoms with Gasteiger partial charge in [-0.3, -0.25) is 0 Å². The molecule has 0 aliphatic rings. The normalized spacial score (nSPS) is 11.7. The molecular formula is C29H31FN2O4. The quantitative estimate of drug-likeness (QED) is 0.185. The van der Waals surface area contributed by atoms with Gasteiger partial charge in [-0.15, -0.1) is 0 Å². The molecule has 0 saturated heterocycles. The van der Waals surface area contributed by atoms with Crippen LogP contribution in [0.5, 0.6) is 11.6 Å². The maximum Gasteiger partial charge on any atom is 0.512 e. The zero-order chi connectivity index (χ0) is 25.5. The van der Waals surface area contributed by atoms with Gasteiger partial charge < -0.3 is 24.0 Å². The highest BCUT2D eigenvalue weighted by Crippen LogP contribution is 2.35. The number of carbonyl (C=O) groups is 1. The van der Waals surface area contributed by atoms with Gasteiger partial charge in [0, 0.05) is 22.9 Å². The molecule has 0 aliphatic carbocycles. The lowest BCUT2D eigenvalue weighted by Crippen LogP contribution is -2.12. The van der Waals surface area contributed by atoms with E-state index in [2.05, 4.69) is 4.90 Å². The third-order valence-corrected chi connectivity index (χ3v) is 5.99. The summed E-state index contributed by atoms with van der Waals surface area (Å²) in [6.45, 7) is 1.82. The van der Waals surface area contributed by atoms with Crippen molar-refractivity contribution < 1.29 is 23.8 Å². The Bertz CT molecular complexity index is 1370. The number of ether oxygens (including phenoxy) is 2. The Balaban J connectivity index is 1.56. The number of allylic oxidation sites excluding steroid dienone is 1. The molecule has 0 atom stereocenters. The van der Waals surface area contributed by atoms with Gasteiger partial charge in [0.2, 0.25) is 5.88 Å². The summed E-state index contributed by atoms with van der Waals surface area (Å²) in [4.78, 5) is 13.6. The van der Waals surface area contributed by atoms with Crippen LogP contribution in [0.4, 0.5) is 9.18 Å². The second-order valence-electron chi connectivity index (χ2n) is 8.93. The zero-order valence-electron chi connectivity index (χ0n) is 20.6. The van der Waals surface area contributed by atoms with E-state index in [0.29, 0.717) is 36.0 Å². The van der Waals surface area contributed by atoms with Gasteiger partial charge in [0.05, 0.1) is 12.1 Å². The number of rotatable bonds is 11. The number of benzene rings is 3. The first kappa shape index (κ1) is 25.3. The fraction of sp³-hybridized carbons (Fsp3) is 0.276. The topological polar surface area (TPSA) is 63.9 Å². The Morgan fingerprint density at radius 2 is 1.86 bits per heavy atom. The third-order valence-electron chi connectivity index (χ3n) is 5.99. The molecule has 0 saturated carbocycles. The minimum absolute atomic E-state index is 0.192. The van der Waals surface area contributed by atoms with E-state index in [4.69, 9.17) is 9.47 Å². The highest BCUT2D eigenvalue weighted by atomic mass is 19.1. The van der Waals surface area contributed by atoms with Crippen LogP contribution in [0.1, 0.15) is 24.8 Å². The molecule has 1 heterocycles. The molecule has 4 aromatic rings. The summed E-state index contributed by atoms with van der Waals surface area (Å²) in [6, 6.07) is 18.4. The third kappa shape index (κ3) is 6.04. The minimum atomic E-state index is -1.41. The van der Waals surface area contributed by atoms with Crippen LogP contribution in [0, 0.1) is 5.82 Å². The number of hydrogen-bond acceptors (Lipinski definition) is 4. The molecule has 6 nitrogen and oxygen atoms in total. The van der Waals surface area contributed by atoms with Gasteiger partial charge in [-0.1, -0.05) is 48.6 Å². The molecule has 0 bridgehead atoms. The largest absolute Gasteiger partial charge is 0.512 e. The van der Waals surface area contributed by atoms with Crippen molar-refractivity contribution in [2.24, 2.45) is 0 Å². The first-order valence-electron chi connectivity index (χ1n) is 12.1. The molecule has 0 unspecified atom stereocenters. The summed E-state index contributed by atoms with van der Waals surface area (Å²) < 4.78 is 27.2. The number of unbranched alkanes of at least 4 members (excludes halogenated alkanes) is 1. The average molecular weight is 491 g/mol. The summed E-state index contributed by atoms with van der Waals surface area (Å²) in [7, 11) is 4.03. The Morgan fingerprint density at radius 1 is 1.06 bits per heavy atom. The lowest BCUT2D eigenvalue weighted by atomic mass is 10.1. The van der Waals surface area contributed by atoms with Gasteiger partial charge in [-0.05, 0) is 69.6 Å². The molecule has 1 aromatic heterocycles. The van der Waals surface area contributed by atoms with E-state index in [1.807, 2.05) is 68.7 Å². The van der Waals surface area contributed by atoms with Crippen LogP contribution in [-0.4, -0.2) is 48.0 Å². The van der Waals surface area contributed by atoms with Crippen LogP contribution in [0.2, 0.25) is 0 Å². The molecule has 0 fully saturated rings. The Morgan fingerprint density at radius 3 is 2.67 bits per heavy atom. The lowest BCUT2D eigenvalue weighted by Gasteiger charge is -2.12. The Kier molecular flexibility index (Phi) is 8.23. The molecule has 3 aromatic carbocycles. The fourth-order valence-corrected chi connectivity index (χ4v) is 4.36. The smallest absolute Gasteiger partial charge is 0.493 e. The molecule has 7 heteroatoms. The summed E-state index contributed by atoms with van der Waals surface area (Å²) in [6.07, 6.45) is 4.77. The van der Waals surface area contributed by atoms with Crippen molar-refractivity contribution in [3.63, 3.8) is 0 Å². The zero-order valence-corrected chi connectivity index (χ0v) is 20.6. The van der Waals surface area contributed by atoms with E-state index in [0.717, 1.165) is 35.9 Å². The SMILES string of the molecule is CN(C)CCC/C=C/c1c(OC(=O)O)n(CCCOc2cccc3ccccc23)c2ccc(F)cc12. The summed E-state index contributed by atoms with van der Waals surface area (Å²) in [5.41, 5.74) is 1.28. The standard InChI is InChI=1S/C29H31FN2O4/c1-31(2)17-7-3-4-13-24-25-20-22(30)15-16-26(25)32(28(24)36-29(33)34)18-9-19-35-27-14-8-11-21-10-5-6-12-23(21)27/h4-6,8,10-16,20H,3,7,9,17-19H2,1-2H3,(H,33,34)/b13-4+. The summed E-state index contributed by atoms with van der Waals surface area (Å²) >= 11 is 0.